The fourth-order valence-corrected chi connectivity index (χ4v) is 4.17. The molecule has 0 bridgehead atoms. The van der Waals surface area contributed by atoms with Crippen LogP contribution in [0.2, 0.25) is 5.02 Å². The van der Waals surface area contributed by atoms with E-state index in [4.69, 9.17) is 16.1 Å². The second kappa shape index (κ2) is 9.64. The van der Waals surface area contributed by atoms with Crippen molar-refractivity contribution in [2.24, 2.45) is 0 Å². The van der Waals surface area contributed by atoms with Crippen molar-refractivity contribution < 1.29 is 9.32 Å². The molecule has 1 aliphatic rings. The number of nitrogens with zero attached hydrogens (tertiary/aromatic N) is 5. The normalized spacial score (nSPS) is 13.7. The van der Waals surface area contributed by atoms with Gasteiger partial charge in [-0.2, -0.15) is 4.98 Å². The molecule has 0 saturated heterocycles. The highest BCUT2D eigenvalue weighted by Crippen LogP contribution is 2.25. The molecule has 9 nitrogen and oxygen atoms in total. The molecule has 10 heteroatoms. The molecule has 1 amide bonds. The SMILES string of the molecule is O=C(Cn1nc2c(-c3nc(-c4ccc(Cl)cc4)no3)cccn2c1=O)NCCC1=CCCCC1. The first-order chi connectivity index (χ1) is 16.6. The second-order valence-corrected chi connectivity index (χ2v) is 8.63. The summed E-state index contributed by atoms with van der Waals surface area (Å²) < 4.78 is 7.95. The number of pyridine rings is 1. The van der Waals surface area contributed by atoms with E-state index in [2.05, 4.69) is 26.6 Å². The van der Waals surface area contributed by atoms with Crippen molar-refractivity contribution in [1.82, 2.24) is 29.6 Å². The zero-order chi connectivity index (χ0) is 23.5. The number of nitrogens with one attached hydrogen (secondary N) is 1. The van der Waals surface area contributed by atoms with Gasteiger partial charge in [0.2, 0.25) is 11.7 Å². The van der Waals surface area contributed by atoms with Crippen molar-refractivity contribution in [3.8, 4) is 22.8 Å². The van der Waals surface area contributed by atoms with Gasteiger partial charge in [0.1, 0.15) is 6.54 Å². The van der Waals surface area contributed by atoms with E-state index in [1.165, 1.54) is 22.8 Å². The Labute approximate surface area is 200 Å². The molecular weight excluding hydrogens is 456 g/mol. The minimum absolute atomic E-state index is 0.168. The largest absolute Gasteiger partial charge is 0.354 e. The van der Waals surface area contributed by atoms with Crippen LogP contribution in [0.1, 0.15) is 32.1 Å². The number of hydrogen-bond donors (Lipinski definition) is 1. The summed E-state index contributed by atoms with van der Waals surface area (Å²) in [7, 11) is 0. The van der Waals surface area contributed by atoms with E-state index in [0.29, 0.717) is 28.6 Å². The molecule has 0 saturated carbocycles. The molecule has 1 aliphatic carbocycles. The first kappa shape index (κ1) is 22.1. The maximum atomic E-state index is 12.8. The van der Waals surface area contributed by atoms with Crippen LogP contribution in [-0.2, 0) is 11.3 Å². The lowest BCUT2D eigenvalue weighted by Gasteiger charge is -2.12. The van der Waals surface area contributed by atoms with Gasteiger partial charge in [-0.25, -0.2) is 13.9 Å². The van der Waals surface area contributed by atoms with Crippen LogP contribution in [0.4, 0.5) is 0 Å². The molecule has 3 aromatic heterocycles. The Balaban J connectivity index is 1.33. The highest BCUT2D eigenvalue weighted by Gasteiger charge is 2.18. The summed E-state index contributed by atoms with van der Waals surface area (Å²) in [5.41, 5.74) is 2.54. The number of allylic oxidation sites excluding steroid dienone is 1. The van der Waals surface area contributed by atoms with E-state index in [0.717, 1.165) is 29.5 Å². The topological polar surface area (TPSA) is 107 Å². The van der Waals surface area contributed by atoms with Crippen molar-refractivity contribution in [3.63, 3.8) is 0 Å². The van der Waals surface area contributed by atoms with Crippen LogP contribution in [0.3, 0.4) is 0 Å². The minimum atomic E-state index is -0.417. The predicted octanol–water partition coefficient (Wildman–Crippen LogP) is 3.87. The molecule has 1 aromatic carbocycles. The summed E-state index contributed by atoms with van der Waals surface area (Å²) >= 11 is 5.94. The molecule has 34 heavy (non-hydrogen) atoms. The average Bonchev–Trinajstić information content (AvgIpc) is 3.46. The van der Waals surface area contributed by atoms with Gasteiger partial charge in [0.05, 0.1) is 5.56 Å². The highest BCUT2D eigenvalue weighted by molar-refractivity contribution is 6.30. The Hall–Kier alpha value is -3.72. The molecule has 3 heterocycles. The van der Waals surface area contributed by atoms with Gasteiger partial charge in [-0.05, 0) is 68.5 Å². The number of rotatable bonds is 7. The van der Waals surface area contributed by atoms with Gasteiger partial charge in [0.25, 0.3) is 5.89 Å². The third kappa shape index (κ3) is 4.65. The lowest BCUT2D eigenvalue weighted by atomic mass is 9.97. The maximum Gasteiger partial charge on any atom is 0.350 e. The number of carbonyl (C=O) groups excluding carboxylic acids is 1. The summed E-state index contributed by atoms with van der Waals surface area (Å²) in [6, 6.07) is 10.5. The third-order valence-corrected chi connectivity index (χ3v) is 6.07. The van der Waals surface area contributed by atoms with E-state index < -0.39 is 5.69 Å². The number of halogens is 1. The van der Waals surface area contributed by atoms with E-state index in [-0.39, 0.29) is 18.3 Å². The van der Waals surface area contributed by atoms with Gasteiger partial charge >= 0.3 is 5.69 Å². The van der Waals surface area contributed by atoms with E-state index in [9.17, 15) is 9.59 Å². The summed E-state index contributed by atoms with van der Waals surface area (Å²) in [4.78, 5) is 29.7. The van der Waals surface area contributed by atoms with Crippen LogP contribution < -0.4 is 11.0 Å². The Morgan fingerprint density at radius 2 is 2.03 bits per heavy atom. The first-order valence-corrected chi connectivity index (χ1v) is 11.6. The summed E-state index contributed by atoms with van der Waals surface area (Å²) in [6.45, 7) is 0.381. The smallest absolute Gasteiger partial charge is 0.350 e. The van der Waals surface area contributed by atoms with Crippen LogP contribution in [0.25, 0.3) is 28.5 Å². The zero-order valence-electron chi connectivity index (χ0n) is 18.4. The van der Waals surface area contributed by atoms with Crippen LogP contribution in [-0.4, -0.2) is 36.8 Å². The minimum Gasteiger partial charge on any atom is -0.354 e. The Morgan fingerprint density at radius 1 is 1.18 bits per heavy atom. The Bertz CT molecular complexity index is 1420. The van der Waals surface area contributed by atoms with Crippen LogP contribution in [0, 0.1) is 0 Å². The molecule has 4 aromatic rings. The average molecular weight is 479 g/mol. The lowest BCUT2D eigenvalue weighted by Crippen LogP contribution is -2.33. The molecule has 0 fully saturated rings. The highest BCUT2D eigenvalue weighted by atomic mass is 35.5. The molecule has 174 valence electrons. The van der Waals surface area contributed by atoms with E-state index >= 15 is 0 Å². The number of hydrogen-bond acceptors (Lipinski definition) is 6. The first-order valence-electron chi connectivity index (χ1n) is 11.2. The van der Waals surface area contributed by atoms with Crippen LogP contribution in [0.5, 0.6) is 0 Å². The molecule has 0 spiro atoms. The summed E-state index contributed by atoms with van der Waals surface area (Å²) in [6.07, 6.45) is 9.35. The predicted molar refractivity (Wildman–Crippen MR) is 127 cm³/mol. The zero-order valence-corrected chi connectivity index (χ0v) is 19.2. The van der Waals surface area contributed by atoms with E-state index in [1.54, 1.807) is 42.6 Å². The van der Waals surface area contributed by atoms with Crippen molar-refractivity contribution in [2.75, 3.05) is 6.54 Å². The second-order valence-electron chi connectivity index (χ2n) is 8.19. The van der Waals surface area contributed by atoms with E-state index in [1.807, 2.05) is 0 Å². The number of aromatic nitrogens is 5. The lowest BCUT2D eigenvalue weighted by molar-refractivity contribution is -0.121. The van der Waals surface area contributed by atoms with Gasteiger partial charge in [-0.15, -0.1) is 5.10 Å². The molecule has 1 N–H and O–H groups in total. The van der Waals surface area contributed by atoms with Crippen molar-refractivity contribution in [3.05, 3.63) is 69.8 Å². The Kier molecular flexibility index (Phi) is 6.27. The molecule has 0 unspecified atom stereocenters. The Morgan fingerprint density at radius 3 is 2.82 bits per heavy atom. The summed E-state index contributed by atoms with van der Waals surface area (Å²) in [5.74, 6) is 0.354. The number of benzene rings is 1. The molecule has 0 atom stereocenters. The van der Waals surface area contributed by atoms with Crippen molar-refractivity contribution in [1.29, 1.82) is 0 Å². The number of carbonyl (C=O) groups is 1. The van der Waals surface area contributed by atoms with Crippen LogP contribution in [0.15, 0.2) is 63.6 Å². The van der Waals surface area contributed by atoms with Gasteiger partial charge < -0.3 is 9.84 Å². The fourth-order valence-electron chi connectivity index (χ4n) is 4.04. The molecule has 5 rings (SSSR count). The van der Waals surface area contributed by atoms with Crippen molar-refractivity contribution >= 4 is 23.2 Å². The maximum absolute atomic E-state index is 12.8. The molecular formula is C24H23ClN6O3. The quantitative estimate of drug-likeness (QED) is 0.404. The number of amides is 1. The standard InChI is InChI=1S/C24H23ClN6O3/c25-18-10-8-17(9-11-18)21-27-23(34-29-21)19-7-4-14-30-22(19)28-31(24(30)33)15-20(32)26-13-12-16-5-2-1-3-6-16/h4-5,7-11,14H,1-3,6,12-13,15H2,(H,26,32). The van der Waals surface area contributed by atoms with Gasteiger partial charge in [0, 0.05) is 23.3 Å². The molecule has 0 aliphatic heterocycles. The summed E-state index contributed by atoms with van der Waals surface area (Å²) in [5, 5.41) is 11.9. The van der Waals surface area contributed by atoms with Crippen molar-refractivity contribution in [2.45, 2.75) is 38.6 Å². The number of fused-ring (bicyclic) bond motifs is 1. The van der Waals surface area contributed by atoms with Gasteiger partial charge in [0.15, 0.2) is 5.65 Å². The monoisotopic (exact) mass is 478 g/mol. The third-order valence-electron chi connectivity index (χ3n) is 5.81. The molecule has 0 radical (unpaired) electrons. The fraction of sp³-hybridized carbons (Fsp3) is 0.292. The van der Waals surface area contributed by atoms with Gasteiger partial charge in [-0.3, -0.25) is 4.79 Å². The van der Waals surface area contributed by atoms with Crippen LogP contribution >= 0.6 is 11.6 Å². The van der Waals surface area contributed by atoms with Gasteiger partial charge in [-0.1, -0.05) is 28.4 Å².